The van der Waals surface area contributed by atoms with Crippen molar-refractivity contribution in [3.8, 4) is 17.0 Å². The Hall–Kier alpha value is -2.60. The van der Waals surface area contributed by atoms with Crippen molar-refractivity contribution in [3.05, 3.63) is 54.2 Å². The molecule has 1 aromatic carbocycles. The van der Waals surface area contributed by atoms with Crippen molar-refractivity contribution in [2.45, 2.75) is 83.8 Å². The predicted octanol–water partition coefficient (Wildman–Crippen LogP) is 7.67. The standard InChI is InChI=1S/C29H36F2N2O2/c1-4-20-14-15-21(19-20)9-7-10-22-11-8-12-24-23(25-13-5-6-18-32-25)16-17-26(27(24)33-22)35-29(30,31)28(2,3)34/h5-7,10,13,16-18,20-21,34H,4,8-9,11-12,14-15,19H2,1-3H3/b10-7+. The maximum Gasteiger partial charge on any atom is 0.426 e. The molecular formula is C29H36F2N2O2. The predicted molar refractivity (Wildman–Crippen MR) is 136 cm³/mol. The summed E-state index contributed by atoms with van der Waals surface area (Å²) in [7, 11) is 0. The van der Waals surface area contributed by atoms with Gasteiger partial charge in [0.1, 0.15) is 5.69 Å². The van der Waals surface area contributed by atoms with E-state index in [9.17, 15) is 13.9 Å². The molecule has 0 amide bonds. The molecule has 2 aromatic rings. The summed E-state index contributed by atoms with van der Waals surface area (Å²) in [6, 6.07) is 8.93. The minimum absolute atomic E-state index is 0.0267. The van der Waals surface area contributed by atoms with Gasteiger partial charge in [0.15, 0.2) is 11.4 Å². The van der Waals surface area contributed by atoms with Crippen LogP contribution >= 0.6 is 0 Å². The van der Waals surface area contributed by atoms with Crippen LogP contribution in [0.1, 0.15) is 71.3 Å². The minimum Gasteiger partial charge on any atom is -0.428 e. The van der Waals surface area contributed by atoms with Gasteiger partial charge < -0.3 is 9.84 Å². The molecule has 1 aliphatic heterocycles. The maximum atomic E-state index is 14.7. The normalized spacial score (nSPS) is 21.0. The number of nitrogens with zero attached hydrogens (tertiary/aromatic N) is 2. The first-order valence-corrected chi connectivity index (χ1v) is 12.8. The lowest BCUT2D eigenvalue weighted by Gasteiger charge is -2.29. The molecule has 188 valence electrons. The Bertz CT molecular complexity index is 1070. The second kappa shape index (κ2) is 10.6. The molecule has 4 nitrogen and oxygen atoms in total. The van der Waals surface area contributed by atoms with Crippen LogP contribution in [0.3, 0.4) is 0 Å². The van der Waals surface area contributed by atoms with Crippen molar-refractivity contribution >= 4 is 11.4 Å². The molecule has 1 aromatic heterocycles. The number of rotatable bonds is 8. The number of ether oxygens (including phenoxy) is 1. The molecular weight excluding hydrogens is 446 g/mol. The summed E-state index contributed by atoms with van der Waals surface area (Å²) in [6.45, 7) is 4.34. The zero-order valence-electron chi connectivity index (χ0n) is 20.9. The Labute approximate surface area is 207 Å². The number of allylic oxidation sites excluding steroid dienone is 2. The molecule has 0 saturated heterocycles. The lowest BCUT2D eigenvalue weighted by Crippen LogP contribution is -2.47. The molecule has 1 saturated carbocycles. The molecule has 0 spiro atoms. The number of fused-ring (bicyclic) bond motifs is 1. The van der Waals surface area contributed by atoms with Gasteiger partial charge >= 0.3 is 6.11 Å². The Morgan fingerprint density at radius 3 is 2.60 bits per heavy atom. The summed E-state index contributed by atoms with van der Waals surface area (Å²) in [5.74, 6) is 1.54. The summed E-state index contributed by atoms with van der Waals surface area (Å²) in [5.41, 5.74) is 1.41. The van der Waals surface area contributed by atoms with Crippen molar-refractivity contribution in [1.82, 2.24) is 4.98 Å². The highest BCUT2D eigenvalue weighted by Gasteiger charge is 2.49. The molecule has 2 aliphatic rings. The average molecular weight is 483 g/mol. The third kappa shape index (κ3) is 5.97. The molecule has 2 heterocycles. The van der Waals surface area contributed by atoms with Gasteiger partial charge in [0.2, 0.25) is 0 Å². The first-order chi connectivity index (χ1) is 16.7. The first kappa shape index (κ1) is 25.5. The topological polar surface area (TPSA) is 54.7 Å². The van der Waals surface area contributed by atoms with Crippen molar-refractivity contribution in [2.24, 2.45) is 16.8 Å². The van der Waals surface area contributed by atoms with Gasteiger partial charge in [0.05, 0.1) is 5.69 Å². The average Bonchev–Trinajstić information content (AvgIpc) is 3.17. The Morgan fingerprint density at radius 2 is 1.91 bits per heavy atom. The number of alkyl halides is 2. The van der Waals surface area contributed by atoms with Crippen LogP contribution in [0.2, 0.25) is 0 Å². The third-order valence-electron chi connectivity index (χ3n) is 7.26. The summed E-state index contributed by atoms with van der Waals surface area (Å²) < 4.78 is 34.5. The summed E-state index contributed by atoms with van der Waals surface area (Å²) in [6.07, 6.45) is 10.6. The number of benzene rings is 1. The molecule has 4 rings (SSSR count). The number of aliphatic imine (C=N–C) groups is 1. The van der Waals surface area contributed by atoms with E-state index in [1.807, 2.05) is 18.2 Å². The highest BCUT2D eigenvalue weighted by atomic mass is 19.3. The van der Waals surface area contributed by atoms with Gasteiger partial charge in [-0.15, -0.1) is 0 Å². The van der Waals surface area contributed by atoms with Crippen LogP contribution in [0.15, 0.2) is 53.7 Å². The van der Waals surface area contributed by atoms with E-state index >= 15 is 0 Å². The first-order valence-electron chi connectivity index (χ1n) is 12.8. The van der Waals surface area contributed by atoms with Crippen LogP contribution in [-0.4, -0.2) is 27.5 Å². The zero-order chi connectivity index (χ0) is 25.1. The largest absolute Gasteiger partial charge is 0.428 e. The summed E-state index contributed by atoms with van der Waals surface area (Å²) >= 11 is 0. The lowest BCUT2D eigenvalue weighted by atomic mass is 9.97. The van der Waals surface area contributed by atoms with Crippen LogP contribution in [0.5, 0.6) is 5.75 Å². The fourth-order valence-electron chi connectivity index (χ4n) is 5.02. The highest BCUT2D eigenvalue weighted by Crippen LogP contribution is 2.44. The van der Waals surface area contributed by atoms with E-state index in [4.69, 9.17) is 9.73 Å². The van der Waals surface area contributed by atoms with Crippen LogP contribution in [0, 0.1) is 11.8 Å². The molecule has 2 unspecified atom stereocenters. The number of aromatic nitrogens is 1. The summed E-state index contributed by atoms with van der Waals surface area (Å²) in [5, 5.41) is 9.98. The molecule has 0 radical (unpaired) electrons. The van der Waals surface area contributed by atoms with E-state index in [1.54, 1.807) is 12.3 Å². The monoisotopic (exact) mass is 482 g/mol. The zero-order valence-corrected chi connectivity index (χ0v) is 20.9. The SMILES string of the molecule is CCC1CCC(C/C=C/C2=Nc3c(OC(F)(F)C(C)(C)O)ccc(-c4ccccn4)c3CCC2)C1. The molecule has 1 aliphatic carbocycles. The van der Waals surface area contributed by atoms with Crippen molar-refractivity contribution < 1.29 is 18.6 Å². The fraction of sp³-hybridized carbons (Fsp3) is 0.517. The minimum atomic E-state index is -3.77. The number of hydrogen-bond donors (Lipinski definition) is 1. The van der Waals surface area contributed by atoms with Gasteiger partial charge in [0, 0.05) is 17.5 Å². The van der Waals surface area contributed by atoms with E-state index in [2.05, 4.69) is 24.1 Å². The van der Waals surface area contributed by atoms with Crippen molar-refractivity contribution in [1.29, 1.82) is 0 Å². The molecule has 35 heavy (non-hydrogen) atoms. The number of pyridine rings is 1. The van der Waals surface area contributed by atoms with Crippen LogP contribution < -0.4 is 4.74 Å². The van der Waals surface area contributed by atoms with Gasteiger partial charge in [-0.25, -0.2) is 4.99 Å². The van der Waals surface area contributed by atoms with Crippen molar-refractivity contribution in [2.75, 3.05) is 0 Å². The second-order valence-corrected chi connectivity index (χ2v) is 10.4. The number of hydrogen-bond acceptors (Lipinski definition) is 4. The second-order valence-electron chi connectivity index (χ2n) is 10.4. The maximum absolute atomic E-state index is 14.7. The Morgan fingerprint density at radius 1 is 1.11 bits per heavy atom. The Balaban J connectivity index is 1.68. The molecule has 0 bridgehead atoms. The van der Waals surface area contributed by atoms with Crippen molar-refractivity contribution in [3.63, 3.8) is 0 Å². The summed E-state index contributed by atoms with van der Waals surface area (Å²) in [4.78, 5) is 9.31. The lowest BCUT2D eigenvalue weighted by molar-refractivity contribution is -0.276. The fourth-order valence-corrected chi connectivity index (χ4v) is 5.02. The van der Waals surface area contributed by atoms with E-state index in [-0.39, 0.29) is 5.75 Å². The van der Waals surface area contributed by atoms with Gasteiger partial charge in [-0.05, 0) is 100 Å². The van der Waals surface area contributed by atoms with E-state index < -0.39 is 11.7 Å². The molecule has 1 fully saturated rings. The molecule has 2 atom stereocenters. The van der Waals surface area contributed by atoms with E-state index in [0.717, 1.165) is 67.5 Å². The quantitative estimate of drug-likeness (QED) is 0.420. The molecule has 6 heteroatoms. The van der Waals surface area contributed by atoms with Crippen LogP contribution in [0.25, 0.3) is 11.3 Å². The van der Waals surface area contributed by atoms with Gasteiger partial charge in [-0.1, -0.05) is 31.9 Å². The Kier molecular flexibility index (Phi) is 7.70. The van der Waals surface area contributed by atoms with Crippen LogP contribution in [-0.2, 0) is 6.42 Å². The molecule has 1 N–H and O–H groups in total. The van der Waals surface area contributed by atoms with E-state index in [0.29, 0.717) is 12.1 Å². The van der Waals surface area contributed by atoms with Gasteiger partial charge in [-0.3, -0.25) is 4.98 Å². The van der Waals surface area contributed by atoms with Gasteiger partial charge in [-0.2, -0.15) is 8.78 Å². The highest BCUT2D eigenvalue weighted by molar-refractivity contribution is 5.98. The number of aliphatic hydroxyl groups is 1. The third-order valence-corrected chi connectivity index (χ3v) is 7.26. The number of halogens is 2. The smallest absolute Gasteiger partial charge is 0.426 e. The van der Waals surface area contributed by atoms with E-state index in [1.165, 1.54) is 31.7 Å². The van der Waals surface area contributed by atoms with Crippen LogP contribution in [0.4, 0.5) is 14.5 Å². The van der Waals surface area contributed by atoms with Gasteiger partial charge in [0.25, 0.3) is 0 Å².